The Balaban J connectivity index is 1.11. The van der Waals surface area contributed by atoms with Crippen LogP contribution < -0.4 is 14.5 Å². The molecule has 0 N–H and O–H groups in total. The van der Waals surface area contributed by atoms with E-state index in [0.29, 0.717) is 37.1 Å². The van der Waals surface area contributed by atoms with Crippen molar-refractivity contribution in [2.24, 2.45) is 0 Å². The van der Waals surface area contributed by atoms with E-state index in [1.54, 1.807) is 12.1 Å². The van der Waals surface area contributed by atoms with Gasteiger partial charge in [0.1, 0.15) is 5.75 Å². The third kappa shape index (κ3) is 9.42. The molecular weight excluding hydrogens is 663 g/mol. The minimum Gasteiger partial charge on any atom is -0.423 e. The summed E-state index contributed by atoms with van der Waals surface area (Å²) in [5.74, 6) is -0.0439. The van der Waals surface area contributed by atoms with Crippen LogP contribution in [0.5, 0.6) is 5.75 Å². The monoisotopic (exact) mass is 698 g/mol. The summed E-state index contributed by atoms with van der Waals surface area (Å²) < 4.78 is 11.4. The first-order valence-electron chi connectivity index (χ1n) is 16.2. The zero-order valence-electron chi connectivity index (χ0n) is 27.4. The first-order valence-corrected chi connectivity index (χ1v) is 17.0. The fourth-order valence-corrected chi connectivity index (χ4v) is 6.02. The van der Waals surface area contributed by atoms with Gasteiger partial charge in [-0.15, -0.1) is 0 Å². The molecule has 0 aliphatic heterocycles. The van der Waals surface area contributed by atoms with Crippen LogP contribution in [0, 0.1) is 0 Å². The van der Waals surface area contributed by atoms with Crippen LogP contribution >= 0.6 is 23.2 Å². The van der Waals surface area contributed by atoms with Crippen LogP contribution in [-0.2, 0) is 35.8 Å². The fourth-order valence-electron chi connectivity index (χ4n) is 5.59. The quantitative estimate of drug-likeness (QED) is 0.0643. The van der Waals surface area contributed by atoms with E-state index < -0.39 is 5.97 Å². The average Bonchev–Trinajstić information content (AvgIpc) is 3.14. The summed E-state index contributed by atoms with van der Waals surface area (Å²) in [4.78, 5) is 16.1. The number of rotatable bonds is 14. The van der Waals surface area contributed by atoms with Gasteiger partial charge in [0.05, 0.1) is 13.2 Å². The number of nitrogens with zero attached hydrogens (tertiary/aromatic N) is 2. The minimum absolute atomic E-state index is 0.453. The Labute approximate surface area is 303 Å². The molecule has 6 aromatic rings. The summed E-state index contributed by atoms with van der Waals surface area (Å²) in [7, 11) is 0. The highest BCUT2D eigenvalue weighted by atomic mass is 35.5. The highest BCUT2D eigenvalue weighted by Crippen LogP contribution is 2.31. The van der Waals surface area contributed by atoms with Crippen LogP contribution in [-0.4, -0.2) is 5.97 Å². The molecule has 0 unspecified atom stereocenters. The Hall–Kier alpha value is -5.33. The Kier molecular flexibility index (Phi) is 11.6. The van der Waals surface area contributed by atoms with Crippen LogP contribution in [0.15, 0.2) is 164 Å². The van der Waals surface area contributed by atoms with E-state index in [0.717, 1.165) is 56.1 Å². The Morgan fingerprint density at radius 1 is 0.540 bits per heavy atom. The molecule has 0 bridgehead atoms. The molecule has 7 heteroatoms. The number of carbonyl (C=O) groups is 1. The van der Waals surface area contributed by atoms with Gasteiger partial charge < -0.3 is 19.3 Å². The summed E-state index contributed by atoms with van der Waals surface area (Å²) >= 11 is 12.6. The Morgan fingerprint density at radius 3 is 1.42 bits per heavy atom. The van der Waals surface area contributed by atoms with E-state index in [9.17, 15) is 4.79 Å². The van der Waals surface area contributed by atoms with Crippen molar-refractivity contribution in [1.82, 2.24) is 0 Å². The second-order valence-electron chi connectivity index (χ2n) is 11.7. The molecule has 0 radical (unpaired) electrons. The van der Waals surface area contributed by atoms with Gasteiger partial charge in [0.2, 0.25) is 0 Å². The lowest BCUT2D eigenvalue weighted by atomic mass is 10.1. The highest BCUT2D eigenvalue weighted by Gasteiger charge is 2.13. The molecule has 250 valence electrons. The summed E-state index contributed by atoms with van der Waals surface area (Å²) in [6.45, 7) is 5.72. The largest absolute Gasteiger partial charge is 0.423 e. The van der Waals surface area contributed by atoms with Gasteiger partial charge in [0, 0.05) is 52.0 Å². The molecule has 6 aromatic carbocycles. The third-order valence-corrected chi connectivity index (χ3v) is 8.56. The van der Waals surface area contributed by atoms with E-state index in [-0.39, 0.29) is 0 Å². The summed E-state index contributed by atoms with van der Waals surface area (Å²) in [6.07, 6.45) is 1.14. The predicted octanol–water partition coefficient (Wildman–Crippen LogP) is 11.5. The van der Waals surface area contributed by atoms with Gasteiger partial charge >= 0.3 is 5.97 Å². The maximum atomic E-state index is 11.7. The van der Waals surface area contributed by atoms with Crippen LogP contribution in [0.3, 0.4) is 0 Å². The molecule has 0 aliphatic carbocycles. The van der Waals surface area contributed by atoms with Gasteiger partial charge in [0.15, 0.2) is 0 Å². The number of esters is 1. The highest BCUT2D eigenvalue weighted by molar-refractivity contribution is 6.30. The fraction of sp³-hybridized carbons (Fsp3) is 0.0930. The molecule has 0 fully saturated rings. The zero-order chi connectivity index (χ0) is 34.7. The number of hydrogen-bond acceptors (Lipinski definition) is 5. The van der Waals surface area contributed by atoms with Gasteiger partial charge in [-0.2, -0.15) is 0 Å². The molecule has 0 saturated carbocycles. The smallest absolute Gasteiger partial charge is 0.335 e. The molecule has 0 aromatic heterocycles. The maximum absolute atomic E-state index is 11.7. The van der Waals surface area contributed by atoms with E-state index in [2.05, 4.69) is 83.1 Å². The third-order valence-electron chi connectivity index (χ3n) is 8.09. The van der Waals surface area contributed by atoms with Crippen LogP contribution in [0.4, 0.5) is 22.7 Å². The Bertz CT molecular complexity index is 2020. The van der Waals surface area contributed by atoms with E-state index >= 15 is 0 Å². The van der Waals surface area contributed by atoms with Gasteiger partial charge in [0.25, 0.3) is 0 Å². The molecule has 6 rings (SSSR count). The molecule has 0 spiro atoms. The number of ether oxygens (including phenoxy) is 2. The molecule has 0 aliphatic rings. The first-order chi connectivity index (χ1) is 24.4. The number of para-hydroxylation sites is 1. The lowest BCUT2D eigenvalue weighted by Gasteiger charge is -2.26. The normalized spacial score (nSPS) is 10.8. The summed E-state index contributed by atoms with van der Waals surface area (Å²) in [6, 6.07) is 50.4. The summed E-state index contributed by atoms with van der Waals surface area (Å²) in [5.41, 5.74) is 8.50. The SMILES string of the molecule is C=CC(=O)Oc1ccc(N(Cc2cccc(Cl)c2)c2ccc(COCc3ccc(N(Cc4cccc(Cl)c4)c4ccccc4)cc3)cc2)cc1. The molecule has 50 heavy (non-hydrogen) atoms. The van der Waals surface area contributed by atoms with E-state index in [1.165, 1.54) is 0 Å². The molecular formula is C43H36Cl2N2O3. The lowest BCUT2D eigenvalue weighted by Crippen LogP contribution is -2.16. The topological polar surface area (TPSA) is 42.0 Å². The van der Waals surface area contributed by atoms with Crippen molar-refractivity contribution in [2.75, 3.05) is 9.80 Å². The van der Waals surface area contributed by atoms with Gasteiger partial charge in [-0.1, -0.05) is 96.5 Å². The minimum atomic E-state index is -0.497. The molecule has 0 amide bonds. The van der Waals surface area contributed by atoms with Crippen LogP contribution in [0.2, 0.25) is 10.0 Å². The second kappa shape index (κ2) is 16.9. The van der Waals surface area contributed by atoms with Gasteiger partial charge in [-0.05, 0) is 107 Å². The van der Waals surface area contributed by atoms with Crippen molar-refractivity contribution < 1.29 is 14.3 Å². The van der Waals surface area contributed by atoms with Crippen molar-refractivity contribution in [1.29, 1.82) is 0 Å². The zero-order valence-corrected chi connectivity index (χ0v) is 28.9. The van der Waals surface area contributed by atoms with E-state index in [4.69, 9.17) is 32.7 Å². The van der Waals surface area contributed by atoms with Crippen molar-refractivity contribution in [3.05, 3.63) is 197 Å². The number of benzene rings is 6. The number of carbonyl (C=O) groups excluding carboxylic acids is 1. The first kappa shape index (κ1) is 34.5. The lowest BCUT2D eigenvalue weighted by molar-refractivity contribution is -0.128. The van der Waals surface area contributed by atoms with Gasteiger partial charge in [-0.3, -0.25) is 0 Å². The maximum Gasteiger partial charge on any atom is 0.335 e. The number of halogens is 2. The second-order valence-corrected chi connectivity index (χ2v) is 12.6. The number of hydrogen-bond donors (Lipinski definition) is 0. The van der Waals surface area contributed by atoms with Crippen LogP contribution in [0.25, 0.3) is 0 Å². The molecule has 0 saturated heterocycles. The molecule has 0 atom stereocenters. The summed E-state index contributed by atoms with van der Waals surface area (Å²) in [5, 5.41) is 1.41. The van der Waals surface area contributed by atoms with E-state index in [1.807, 2.05) is 72.8 Å². The van der Waals surface area contributed by atoms with Crippen molar-refractivity contribution in [3.63, 3.8) is 0 Å². The average molecular weight is 700 g/mol. The molecule has 0 heterocycles. The van der Waals surface area contributed by atoms with Crippen molar-refractivity contribution in [3.8, 4) is 5.75 Å². The molecule has 5 nitrogen and oxygen atoms in total. The van der Waals surface area contributed by atoms with Crippen LogP contribution in [0.1, 0.15) is 22.3 Å². The van der Waals surface area contributed by atoms with Gasteiger partial charge in [-0.25, -0.2) is 4.79 Å². The Morgan fingerprint density at radius 2 is 0.980 bits per heavy atom. The van der Waals surface area contributed by atoms with Crippen molar-refractivity contribution >= 4 is 51.9 Å². The van der Waals surface area contributed by atoms with Crippen molar-refractivity contribution in [2.45, 2.75) is 26.3 Å². The predicted molar refractivity (Wildman–Crippen MR) is 205 cm³/mol. The standard InChI is InChI=1S/C43H36Cl2N2O3/c1-2-43(48)50-42-24-22-41(23-25-42)47(29-35-9-7-11-37(45)27-35)40-20-16-33(17-21-40)31-49-30-32-14-18-39(19-15-32)46(38-12-4-3-5-13-38)28-34-8-6-10-36(44)26-34/h2-27H,1,28-31H2. The number of anilines is 4.